The quantitative estimate of drug-likeness (QED) is 0.414. The van der Waals surface area contributed by atoms with Crippen LogP contribution in [0.2, 0.25) is 0 Å². The third kappa shape index (κ3) is 4.63. The van der Waals surface area contributed by atoms with Gasteiger partial charge >= 0.3 is 0 Å². The van der Waals surface area contributed by atoms with Crippen molar-refractivity contribution < 1.29 is 9.53 Å². The summed E-state index contributed by atoms with van der Waals surface area (Å²) in [7, 11) is 1.65. The number of rotatable bonds is 7. The number of nitrogens with zero attached hydrogens (tertiary/aromatic N) is 2. The van der Waals surface area contributed by atoms with Crippen molar-refractivity contribution in [1.29, 1.82) is 0 Å². The molecule has 4 aromatic rings. The van der Waals surface area contributed by atoms with Gasteiger partial charge in [0.1, 0.15) is 5.75 Å². The van der Waals surface area contributed by atoms with Crippen molar-refractivity contribution in [2.45, 2.75) is 26.2 Å². The molecule has 1 N–H and O–H groups in total. The van der Waals surface area contributed by atoms with Crippen molar-refractivity contribution >= 4 is 43.9 Å². The fourth-order valence-electron chi connectivity index (χ4n) is 3.09. The first-order valence-electron chi connectivity index (χ1n) is 9.37. The van der Waals surface area contributed by atoms with Gasteiger partial charge in [-0.2, -0.15) is 0 Å². The number of amides is 1. The molecule has 1 amide bonds. The first-order chi connectivity index (χ1) is 14.1. The lowest BCUT2D eigenvalue weighted by atomic mass is 10.1. The van der Waals surface area contributed by atoms with Gasteiger partial charge in [0, 0.05) is 17.4 Å². The van der Waals surface area contributed by atoms with Gasteiger partial charge in [-0.3, -0.25) is 4.79 Å². The predicted octanol–water partition coefficient (Wildman–Crippen LogP) is 5.70. The average Bonchev–Trinajstić information content (AvgIpc) is 3.34. The molecule has 4 rings (SSSR count). The Hall–Kier alpha value is -2.77. The van der Waals surface area contributed by atoms with E-state index in [0.29, 0.717) is 11.6 Å². The van der Waals surface area contributed by atoms with Crippen LogP contribution in [0.15, 0.2) is 47.8 Å². The standard InChI is InChI=1S/C22H21N3O2S2/c1-14-10-11-18(27-2)15(12-14)17-13-28-22(24-17)25-20(26)8-5-9-21-23-16-6-3-4-7-19(16)29-21/h3-4,6-7,10-13H,5,8-9H2,1-2H3,(H,24,25,26). The maximum atomic E-state index is 12.3. The molecule has 0 saturated carbocycles. The number of carbonyl (C=O) groups excluding carboxylic acids is 1. The second kappa shape index (κ2) is 8.71. The van der Waals surface area contributed by atoms with E-state index in [4.69, 9.17) is 4.74 Å². The van der Waals surface area contributed by atoms with Gasteiger partial charge in [-0.15, -0.1) is 22.7 Å². The summed E-state index contributed by atoms with van der Waals surface area (Å²) < 4.78 is 6.62. The number of hydrogen-bond acceptors (Lipinski definition) is 6. The molecule has 0 saturated heterocycles. The number of anilines is 1. The second-order valence-corrected chi connectivity index (χ2v) is 8.69. The summed E-state index contributed by atoms with van der Waals surface area (Å²) in [4.78, 5) is 21.5. The molecule has 2 heterocycles. The van der Waals surface area contributed by atoms with E-state index in [0.717, 1.165) is 45.9 Å². The zero-order valence-corrected chi connectivity index (χ0v) is 17.9. The number of aryl methyl sites for hydroxylation is 2. The van der Waals surface area contributed by atoms with Crippen LogP contribution >= 0.6 is 22.7 Å². The van der Waals surface area contributed by atoms with E-state index in [1.54, 1.807) is 18.4 Å². The van der Waals surface area contributed by atoms with Gasteiger partial charge in [0.2, 0.25) is 5.91 Å². The number of para-hydroxylation sites is 1. The molecule has 0 fully saturated rings. The lowest BCUT2D eigenvalue weighted by Crippen LogP contribution is -2.11. The van der Waals surface area contributed by atoms with Crippen LogP contribution in [-0.4, -0.2) is 23.0 Å². The largest absolute Gasteiger partial charge is 0.496 e. The molecule has 0 spiro atoms. The van der Waals surface area contributed by atoms with Crippen LogP contribution in [0.5, 0.6) is 5.75 Å². The summed E-state index contributed by atoms with van der Waals surface area (Å²) in [6.07, 6.45) is 2.00. The zero-order valence-electron chi connectivity index (χ0n) is 16.3. The number of hydrogen-bond donors (Lipinski definition) is 1. The van der Waals surface area contributed by atoms with Gasteiger partial charge < -0.3 is 10.1 Å². The third-order valence-corrected chi connectivity index (χ3v) is 6.37. The smallest absolute Gasteiger partial charge is 0.226 e. The lowest BCUT2D eigenvalue weighted by molar-refractivity contribution is -0.116. The monoisotopic (exact) mass is 423 g/mol. The Labute approximate surface area is 177 Å². The van der Waals surface area contributed by atoms with Crippen molar-refractivity contribution in [2.24, 2.45) is 0 Å². The van der Waals surface area contributed by atoms with Gasteiger partial charge in [-0.05, 0) is 44.0 Å². The van der Waals surface area contributed by atoms with E-state index in [2.05, 4.69) is 21.4 Å². The zero-order chi connectivity index (χ0) is 20.2. The van der Waals surface area contributed by atoms with Crippen LogP contribution < -0.4 is 10.1 Å². The van der Waals surface area contributed by atoms with E-state index in [9.17, 15) is 4.79 Å². The van der Waals surface area contributed by atoms with Crippen LogP contribution in [0.3, 0.4) is 0 Å². The van der Waals surface area contributed by atoms with E-state index >= 15 is 0 Å². The van der Waals surface area contributed by atoms with Crippen LogP contribution in [0.25, 0.3) is 21.5 Å². The maximum absolute atomic E-state index is 12.3. The molecule has 0 radical (unpaired) electrons. The van der Waals surface area contributed by atoms with Gasteiger partial charge in [-0.1, -0.05) is 23.8 Å². The van der Waals surface area contributed by atoms with Crippen LogP contribution in [-0.2, 0) is 11.2 Å². The SMILES string of the molecule is COc1ccc(C)cc1-c1csc(NC(=O)CCCc2nc3ccccc3s2)n1. The van der Waals surface area contributed by atoms with Gasteiger partial charge in [0.15, 0.2) is 5.13 Å². The molecule has 148 valence electrons. The molecule has 0 bridgehead atoms. The highest BCUT2D eigenvalue weighted by atomic mass is 32.1. The molecule has 0 atom stereocenters. The third-order valence-electron chi connectivity index (χ3n) is 4.51. The Kier molecular flexibility index (Phi) is 5.87. The molecule has 2 aromatic heterocycles. The Morgan fingerprint density at radius 1 is 1.17 bits per heavy atom. The number of fused-ring (bicyclic) bond motifs is 1. The van der Waals surface area contributed by atoms with Gasteiger partial charge in [0.25, 0.3) is 0 Å². The number of thiazole rings is 2. The van der Waals surface area contributed by atoms with Crippen LogP contribution in [0.1, 0.15) is 23.4 Å². The molecular weight excluding hydrogens is 402 g/mol. The molecule has 0 aliphatic rings. The number of aromatic nitrogens is 2. The Balaban J connectivity index is 1.34. The molecular formula is C22H21N3O2S2. The number of nitrogens with one attached hydrogen (secondary N) is 1. The lowest BCUT2D eigenvalue weighted by Gasteiger charge is -2.07. The first kappa shape index (κ1) is 19.5. The number of ether oxygens (including phenoxy) is 1. The van der Waals surface area contributed by atoms with Crippen molar-refractivity contribution in [3.05, 3.63) is 58.4 Å². The topological polar surface area (TPSA) is 64.1 Å². The summed E-state index contributed by atoms with van der Waals surface area (Å²) >= 11 is 3.12. The van der Waals surface area contributed by atoms with Crippen LogP contribution in [0, 0.1) is 6.92 Å². The van der Waals surface area contributed by atoms with Crippen molar-refractivity contribution in [3.8, 4) is 17.0 Å². The highest BCUT2D eigenvalue weighted by molar-refractivity contribution is 7.18. The molecule has 7 heteroatoms. The van der Waals surface area contributed by atoms with Crippen molar-refractivity contribution in [3.63, 3.8) is 0 Å². The molecule has 2 aromatic carbocycles. The van der Waals surface area contributed by atoms with E-state index in [1.807, 2.05) is 48.7 Å². The average molecular weight is 424 g/mol. The fourth-order valence-corrected chi connectivity index (χ4v) is 4.82. The second-order valence-electron chi connectivity index (χ2n) is 6.72. The minimum atomic E-state index is -0.0248. The van der Waals surface area contributed by atoms with E-state index < -0.39 is 0 Å². The number of methoxy groups -OCH3 is 1. The van der Waals surface area contributed by atoms with E-state index in [-0.39, 0.29) is 5.91 Å². The molecule has 0 aliphatic heterocycles. The summed E-state index contributed by atoms with van der Waals surface area (Å²) in [6.45, 7) is 2.03. The minimum absolute atomic E-state index is 0.0248. The van der Waals surface area contributed by atoms with Gasteiger partial charge in [0.05, 0.1) is 28.0 Å². The Morgan fingerprint density at radius 3 is 2.86 bits per heavy atom. The summed E-state index contributed by atoms with van der Waals surface area (Å²) in [5.74, 6) is 0.748. The highest BCUT2D eigenvalue weighted by Gasteiger charge is 2.12. The molecule has 0 unspecified atom stereocenters. The molecule has 0 aliphatic carbocycles. The number of carbonyl (C=O) groups is 1. The minimum Gasteiger partial charge on any atom is -0.496 e. The van der Waals surface area contributed by atoms with Crippen molar-refractivity contribution in [2.75, 3.05) is 12.4 Å². The summed E-state index contributed by atoms with van der Waals surface area (Å²) in [6, 6.07) is 14.1. The molecule has 5 nitrogen and oxygen atoms in total. The summed E-state index contributed by atoms with van der Waals surface area (Å²) in [5, 5.41) is 6.52. The Morgan fingerprint density at radius 2 is 2.03 bits per heavy atom. The van der Waals surface area contributed by atoms with Crippen molar-refractivity contribution in [1.82, 2.24) is 9.97 Å². The number of benzene rings is 2. The molecule has 29 heavy (non-hydrogen) atoms. The highest BCUT2D eigenvalue weighted by Crippen LogP contribution is 2.33. The summed E-state index contributed by atoms with van der Waals surface area (Å²) in [5.41, 5.74) is 3.90. The Bertz CT molecular complexity index is 1120. The van der Waals surface area contributed by atoms with Gasteiger partial charge in [-0.25, -0.2) is 9.97 Å². The van der Waals surface area contributed by atoms with Crippen LogP contribution in [0.4, 0.5) is 5.13 Å². The first-order valence-corrected chi connectivity index (χ1v) is 11.1. The predicted molar refractivity (Wildman–Crippen MR) is 120 cm³/mol. The fraction of sp³-hybridized carbons (Fsp3) is 0.227. The normalized spacial score (nSPS) is 11.0. The maximum Gasteiger partial charge on any atom is 0.226 e. The van der Waals surface area contributed by atoms with E-state index in [1.165, 1.54) is 16.0 Å².